The Balaban J connectivity index is 1.94. The van der Waals surface area contributed by atoms with Gasteiger partial charge in [-0.25, -0.2) is 4.98 Å². The van der Waals surface area contributed by atoms with E-state index in [0.717, 1.165) is 28.8 Å². The molecule has 0 bridgehead atoms. The Hall–Kier alpha value is -2.33. The quantitative estimate of drug-likeness (QED) is 0.459. The number of methoxy groups -OCH3 is 1. The van der Waals surface area contributed by atoms with Crippen molar-refractivity contribution in [2.45, 2.75) is 39.3 Å². The number of alkyl halides is 3. The lowest BCUT2D eigenvalue weighted by Crippen LogP contribution is -2.38. The molecule has 166 valence electrons. The predicted octanol–water partition coefficient (Wildman–Crippen LogP) is 4.39. The van der Waals surface area contributed by atoms with E-state index in [0.29, 0.717) is 19.5 Å². The van der Waals surface area contributed by atoms with E-state index in [4.69, 9.17) is 4.74 Å². The maximum Gasteiger partial charge on any atom is 0.573 e. The fourth-order valence-electron chi connectivity index (χ4n) is 2.62. The number of guanidine groups is 1. The summed E-state index contributed by atoms with van der Waals surface area (Å²) in [5.74, 6) is 0.511. The largest absolute Gasteiger partial charge is 0.573 e. The fraction of sp³-hybridized carbons (Fsp3) is 0.500. The van der Waals surface area contributed by atoms with Crippen molar-refractivity contribution in [3.05, 3.63) is 45.9 Å². The summed E-state index contributed by atoms with van der Waals surface area (Å²) in [6.07, 6.45) is -4.12. The van der Waals surface area contributed by atoms with E-state index < -0.39 is 6.36 Å². The van der Waals surface area contributed by atoms with Crippen LogP contribution in [-0.2, 0) is 17.7 Å². The van der Waals surface area contributed by atoms with Crippen molar-refractivity contribution in [2.75, 3.05) is 27.2 Å². The SMILES string of the molecule is CCNC(=NCCc1ccc(OC(F)(F)F)cc1)N(C)Cc1csc(C(C)OC)n1. The van der Waals surface area contributed by atoms with Crippen LogP contribution in [0.25, 0.3) is 0 Å². The monoisotopic (exact) mass is 444 g/mol. The number of hydrogen-bond donors (Lipinski definition) is 1. The zero-order valence-corrected chi connectivity index (χ0v) is 18.3. The van der Waals surface area contributed by atoms with Crippen molar-refractivity contribution < 1.29 is 22.6 Å². The molecule has 1 unspecified atom stereocenters. The maximum atomic E-state index is 12.2. The minimum Gasteiger partial charge on any atom is -0.406 e. The van der Waals surface area contributed by atoms with Gasteiger partial charge in [0.05, 0.1) is 12.2 Å². The summed E-state index contributed by atoms with van der Waals surface area (Å²) in [5.41, 5.74) is 1.82. The van der Waals surface area contributed by atoms with Gasteiger partial charge in [-0.1, -0.05) is 12.1 Å². The zero-order valence-electron chi connectivity index (χ0n) is 17.5. The number of ether oxygens (including phenoxy) is 2. The van der Waals surface area contributed by atoms with Crippen LogP contribution in [0.5, 0.6) is 5.75 Å². The molecule has 0 spiro atoms. The Labute approximate surface area is 178 Å². The highest BCUT2D eigenvalue weighted by atomic mass is 32.1. The molecule has 1 heterocycles. The first-order valence-corrected chi connectivity index (χ1v) is 10.4. The number of nitrogens with zero attached hydrogens (tertiary/aromatic N) is 3. The second-order valence-corrected chi connectivity index (χ2v) is 7.48. The average Bonchev–Trinajstić information content (AvgIpc) is 3.15. The molecule has 6 nitrogen and oxygen atoms in total. The molecule has 0 aliphatic heterocycles. The van der Waals surface area contributed by atoms with Crippen molar-refractivity contribution in [3.8, 4) is 5.75 Å². The van der Waals surface area contributed by atoms with Gasteiger partial charge >= 0.3 is 6.36 Å². The fourth-order valence-corrected chi connectivity index (χ4v) is 3.46. The van der Waals surface area contributed by atoms with Gasteiger partial charge in [-0.2, -0.15) is 0 Å². The molecule has 1 aromatic carbocycles. The lowest BCUT2D eigenvalue weighted by molar-refractivity contribution is -0.274. The minimum atomic E-state index is -4.68. The van der Waals surface area contributed by atoms with Crippen molar-refractivity contribution in [1.82, 2.24) is 15.2 Å². The standard InChI is InChI=1S/C20H27F3N4O2S/c1-5-24-19(27(3)12-16-13-30-18(26-16)14(2)28-4)25-11-10-15-6-8-17(9-7-15)29-20(21,22)23/h6-9,13-14H,5,10-12H2,1-4H3,(H,24,25). The van der Waals surface area contributed by atoms with Crippen molar-refractivity contribution in [2.24, 2.45) is 4.99 Å². The van der Waals surface area contributed by atoms with Crippen LogP contribution in [-0.4, -0.2) is 49.5 Å². The second kappa shape index (κ2) is 11.2. The topological polar surface area (TPSA) is 59.0 Å². The maximum absolute atomic E-state index is 12.2. The third-order valence-electron chi connectivity index (χ3n) is 4.19. The van der Waals surface area contributed by atoms with Crippen molar-refractivity contribution >= 4 is 17.3 Å². The lowest BCUT2D eigenvalue weighted by atomic mass is 10.1. The smallest absolute Gasteiger partial charge is 0.406 e. The molecule has 10 heteroatoms. The molecule has 0 saturated heterocycles. The number of aromatic nitrogens is 1. The van der Waals surface area contributed by atoms with E-state index in [1.807, 2.05) is 31.2 Å². The highest BCUT2D eigenvalue weighted by molar-refractivity contribution is 7.09. The van der Waals surface area contributed by atoms with E-state index >= 15 is 0 Å². The van der Waals surface area contributed by atoms with E-state index in [1.165, 1.54) is 12.1 Å². The molecule has 0 aliphatic rings. The molecule has 2 rings (SSSR count). The number of hydrogen-bond acceptors (Lipinski definition) is 5. The van der Waals surface area contributed by atoms with Crippen molar-refractivity contribution in [1.29, 1.82) is 0 Å². The molecule has 0 radical (unpaired) electrons. The van der Waals surface area contributed by atoms with Gasteiger partial charge in [0.15, 0.2) is 5.96 Å². The Kier molecular flexibility index (Phi) is 8.91. The Morgan fingerprint density at radius 2 is 2.00 bits per heavy atom. The van der Waals surface area contributed by atoms with Gasteiger partial charge in [-0.05, 0) is 38.0 Å². The van der Waals surface area contributed by atoms with Crippen molar-refractivity contribution in [3.63, 3.8) is 0 Å². The van der Waals surface area contributed by atoms with Gasteiger partial charge in [0.1, 0.15) is 16.9 Å². The molecular weight excluding hydrogens is 417 g/mol. The summed E-state index contributed by atoms with van der Waals surface area (Å²) in [6.45, 7) is 5.76. The van der Waals surface area contributed by atoms with Crippen LogP contribution in [0.3, 0.4) is 0 Å². The average molecular weight is 445 g/mol. The first kappa shape index (κ1) is 23.9. The molecule has 0 amide bonds. The number of thiazole rings is 1. The first-order chi connectivity index (χ1) is 14.2. The number of nitrogens with one attached hydrogen (secondary N) is 1. The third kappa shape index (κ3) is 7.83. The first-order valence-electron chi connectivity index (χ1n) is 9.53. The van der Waals surface area contributed by atoms with Crippen LogP contribution in [0.1, 0.15) is 36.2 Å². The van der Waals surface area contributed by atoms with E-state index in [-0.39, 0.29) is 11.9 Å². The Bertz CT molecular complexity index is 809. The highest BCUT2D eigenvalue weighted by Crippen LogP contribution is 2.23. The molecular formula is C20H27F3N4O2S. The van der Waals surface area contributed by atoms with Gasteiger partial charge in [0, 0.05) is 32.6 Å². The zero-order chi connectivity index (χ0) is 22.1. The molecule has 1 N–H and O–H groups in total. The number of rotatable bonds is 9. The van der Waals surface area contributed by atoms with E-state index in [2.05, 4.69) is 20.0 Å². The molecule has 1 aromatic heterocycles. The predicted molar refractivity (Wildman–Crippen MR) is 112 cm³/mol. The van der Waals surface area contributed by atoms with E-state index in [9.17, 15) is 13.2 Å². The van der Waals surface area contributed by atoms with Crippen LogP contribution in [0.15, 0.2) is 34.6 Å². The Morgan fingerprint density at radius 1 is 1.30 bits per heavy atom. The third-order valence-corrected chi connectivity index (χ3v) is 5.24. The second-order valence-electron chi connectivity index (χ2n) is 6.59. The summed E-state index contributed by atoms with van der Waals surface area (Å²) < 4.78 is 45.9. The molecule has 1 atom stereocenters. The lowest BCUT2D eigenvalue weighted by Gasteiger charge is -2.21. The summed E-state index contributed by atoms with van der Waals surface area (Å²) in [5, 5.41) is 6.19. The number of benzene rings is 1. The van der Waals surface area contributed by atoms with Gasteiger partial charge < -0.3 is 19.7 Å². The number of aliphatic imine (C=N–C) groups is 1. The molecule has 2 aromatic rings. The van der Waals surface area contributed by atoms with Crippen LogP contribution < -0.4 is 10.1 Å². The molecule has 0 fully saturated rings. The summed E-state index contributed by atoms with van der Waals surface area (Å²) in [4.78, 5) is 11.2. The molecule has 30 heavy (non-hydrogen) atoms. The van der Waals surface area contributed by atoms with Crippen LogP contribution in [0.2, 0.25) is 0 Å². The highest BCUT2D eigenvalue weighted by Gasteiger charge is 2.30. The minimum absolute atomic E-state index is 0.0381. The Morgan fingerprint density at radius 3 is 2.60 bits per heavy atom. The van der Waals surface area contributed by atoms with Gasteiger partial charge in [-0.15, -0.1) is 24.5 Å². The van der Waals surface area contributed by atoms with Crippen LogP contribution >= 0.6 is 11.3 Å². The molecule has 0 saturated carbocycles. The summed E-state index contributed by atoms with van der Waals surface area (Å²) in [7, 11) is 3.59. The summed E-state index contributed by atoms with van der Waals surface area (Å²) in [6, 6.07) is 5.84. The van der Waals surface area contributed by atoms with Crippen LogP contribution in [0, 0.1) is 0 Å². The van der Waals surface area contributed by atoms with Crippen LogP contribution in [0.4, 0.5) is 13.2 Å². The van der Waals surface area contributed by atoms with Gasteiger partial charge in [0.25, 0.3) is 0 Å². The van der Waals surface area contributed by atoms with Gasteiger partial charge in [-0.3, -0.25) is 4.99 Å². The number of halogens is 3. The van der Waals surface area contributed by atoms with E-state index in [1.54, 1.807) is 30.6 Å². The molecule has 0 aliphatic carbocycles. The van der Waals surface area contributed by atoms with Gasteiger partial charge in [0.2, 0.25) is 0 Å². The summed E-state index contributed by atoms with van der Waals surface area (Å²) >= 11 is 1.57. The normalized spacial score (nSPS) is 13.2.